The van der Waals surface area contributed by atoms with E-state index in [-0.39, 0.29) is 5.54 Å². The van der Waals surface area contributed by atoms with Crippen molar-refractivity contribution in [1.82, 2.24) is 14.9 Å². The number of amides is 1. The van der Waals surface area contributed by atoms with Gasteiger partial charge in [0.25, 0.3) is 0 Å². The van der Waals surface area contributed by atoms with Crippen molar-refractivity contribution in [2.24, 2.45) is 11.7 Å². The molecule has 6 rings (SSSR count). The Kier molecular flexibility index (Phi) is 3.93. The van der Waals surface area contributed by atoms with Crippen LogP contribution in [0.4, 0.5) is 5.69 Å². The molecule has 6 heteroatoms. The van der Waals surface area contributed by atoms with Crippen LogP contribution < -0.4 is 10.6 Å². The molecule has 1 aromatic carbocycles. The topological polar surface area (TPSA) is 78.2 Å². The quantitative estimate of drug-likeness (QED) is 0.704. The van der Waals surface area contributed by atoms with Crippen molar-refractivity contribution in [3.8, 4) is 11.3 Å². The second-order valence-electron chi connectivity index (χ2n) is 9.10. The molecular weight excluding hydrogens is 374 g/mol. The standard InChI is InChI=1S/C24H27N5O/c25-24(8-9-24)18-5-3-16(4-6-18)20-15-19-21(7-10-26-22(19)27-20)28-11-13-29(14-12-28)23(30)17-1-2-17/h3-7,10,15,17H,1-2,8-9,11-14,25H2,(H,26,27). The van der Waals surface area contributed by atoms with Gasteiger partial charge >= 0.3 is 0 Å². The lowest BCUT2D eigenvalue weighted by Gasteiger charge is -2.36. The molecule has 2 aromatic heterocycles. The molecule has 1 aliphatic heterocycles. The fourth-order valence-electron chi connectivity index (χ4n) is 4.61. The molecule has 3 aromatic rings. The lowest BCUT2D eigenvalue weighted by Crippen LogP contribution is -2.49. The zero-order valence-electron chi connectivity index (χ0n) is 17.1. The SMILES string of the molecule is NC1(c2ccc(-c3cc4c(N5CCN(C(=O)C6CC6)CC5)ccnc4[nH]3)cc2)CC1. The van der Waals surface area contributed by atoms with Crippen molar-refractivity contribution in [2.75, 3.05) is 31.1 Å². The van der Waals surface area contributed by atoms with Crippen LogP contribution in [0.5, 0.6) is 0 Å². The number of fused-ring (bicyclic) bond motifs is 1. The van der Waals surface area contributed by atoms with Crippen molar-refractivity contribution in [3.05, 3.63) is 48.2 Å². The lowest BCUT2D eigenvalue weighted by molar-refractivity contribution is -0.132. The average Bonchev–Trinajstić information content (AvgIpc) is 3.72. The molecule has 30 heavy (non-hydrogen) atoms. The Bertz CT molecular complexity index is 1100. The molecule has 154 valence electrons. The number of piperazine rings is 1. The number of nitrogens with one attached hydrogen (secondary N) is 1. The largest absolute Gasteiger partial charge is 0.367 e. The van der Waals surface area contributed by atoms with Crippen molar-refractivity contribution in [2.45, 2.75) is 31.2 Å². The summed E-state index contributed by atoms with van der Waals surface area (Å²) in [6, 6.07) is 12.9. The Morgan fingerprint density at radius 1 is 1.07 bits per heavy atom. The van der Waals surface area contributed by atoms with Gasteiger partial charge in [-0.2, -0.15) is 0 Å². The third-order valence-corrected chi connectivity index (χ3v) is 6.93. The van der Waals surface area contributed by atoms with Crippen LogP contribution in [0.3, 0.4) is 0 Å². The normalized spacial score (nSPS) is 20.6. The first-order chi connectivity index (χ1) is 14.6. The first kappa shape index (κ1) is 18.0. The molecule has 1 amide bonds. The monoisotopic (exact) mass is 401 g/mol. The maximum absolute atomic E-state index is 12.4. The highest BCUT2D eigenvalue weighted by Crippen LogP contribution is 2.43. The minimum atomic E-state index is -0.100. The van der Waals surface area contributed by atoms with Crippen LogP contribution >= 0.6 is 0 Å². The summed E-state index contributed by atoms with van der Waals surface area (Å²) in [6.45, 7) is 3.34. The van der Waals surface area contributed by atoms with Gasteiger partial charge in [-0.25, -0.2) is 4.98 Å². The van der Waals surface area contributed by atoms with E-state index in [4.69, 9.17) is 5.73 Å². The zero-order valence-corrected chi connectivity index (χ0v) is 17.1. The smallest absolute Gasteiger partial charge is 0.225 e. The molecular formula is C24H27N5O. The summed E-state index contributed by atoms with van der Waals surface area (Å²) >= 11 is 0. The van der Waals surface area contributed by atoms with Gasteiger partial charge in [-0.05, 0) is 48.9 Å². The molecule has 0 radical (unpaired) electrons. The van der Waals surface area contributed by atoms with Crippen LogP contribution in [-0.4, -0.2) is 47.0 Å². The number of rotatable bonds is 4. The van der Waals surface area contributed by atoms with E-state index in [1.807, 2.05) is 11.1 Å². The molecule has 0 unspecified atom stereocenters. The molecule has 2 saturated carbocycles. The minimum Gasteiger partial charge on any atom is -0.367 e. The van der Waals surface area contributed by atoms with E-state index in [0.29, 0.717) is 11.8 Å². The molecule has 1 saturated heterocycles. The summed E-state index contributed by atoms with van der Waals surface area (Å²) in [5.41, 5.74) is 11.8. The van der Waals surface area contributed by atoms with Crippen molar-refractivity contribution >= 4 is 22.6 Å². The number of carbonyl (C=O) groups is 1. The predicted molar refractivity (Wildman–Crippen MR) is 118 cm³/mol. The summed E-state index contributed by atoms with van der Waals surface area (Å²) < 4.78 is 0. The van der Waals surface area contributed by atoms with Gasteiger partial charge in [-0.1, -0.05) is 24.3 Å². The molecule has 3 fully saturated rings. The Hall–Kier alpha value is -2.86. The Morgan fingerprint density at radius 2 is 1.80 bits per heavy atom. The Morgan fingerprint density at radius 3 is 2.47 bits per heavy atom. The maximum atomic E-state index is 12.4. The number of nitrogens with two attached hydrogens (primary N) is 1. The van der Waals surface area contributed by atoms with Gasteiger partial charge < -0.3 is 20.5 Å². The number of carbonyl (C=O) groups excluding carboxylic acids is 1. The number of hydrogen-bond donors (Lipinski definition) is 2. The van der Waals surface area contributed by atoms with Crippen molar-refractivity contribution in [3.63, 3.8) is 0 Å². The zero-order chi connectivity index (χ0) is 20.3. The van der Waals surface area contributed by atoms with E-state index in [9.17, 15) is 4.79 Å². The highest BCUT2D eigenvalue weighted by molar-refractivity contribution is 5.94. The van der Waals surface area contributed by atoms with Crippen molar-refractivity contribution in [1.29, 1.82) is 0 Å². The van der Waals surface area contributed by atoms with Crippen LogP contribution in [0.15, 0.2) is 42.6 Å². The number of nitrogens with zero attached hydrogens (tertiary/aromatic N) is 3. The lowest BCUT2D eigenvalue weighted by atomic mass is 10.0. The van der Waals surface area contributed by atoms with Gasteiger partial charge in [0.2, 0.25) is 5.91 Å². The summed E-state index contributed by atoms with van der Waals surface area (Å²) in [4.78, 5) is 24.8. The fourth-order valence-corrected chi connectivity index (χ4v) is 4.61. The van der Waals surface area contributed by atoms with E-state index >= 15 is 0 Å². The van der Waals surface area contributed by atoms with Gasteiger partial charge in [0.15, 0.2) is 0 Å². The van der Waals surface area contributed by atoms with Crippen LogP contribution in [0.2, 0.25) is 0 Å². The predicted octanol–water partition coefficient (Wildman–Crippen LogP) is 3.24. The summed E-state index contributed by atoms with van der Waals surface area (Å²) in [7, 11) is 0. The number of benzene rings is 1. The number of aromatic amines is 1. The molecule has 0 spiro atoms. The number of aromatic nitrogens is 2. The van der Waals surface area contributed by atoms with Gasteiger partial charge in [0, 0.05) is 60.6 Å². The maximum Gasteiger partial charge on any atom is 0.225 e. The second-order valence-corrected chi connectivity index (χ2v) is 9.10. The second kappa shape index (κ2) is 6.57. The molecule has 3 heterocycles. The highest BCUT2D eigenvalue weighted by Gasteiger charge is 2.39. The molecule has 3 aliphatic rings. The van der Waals surface area contributed by atoms with E-state index < -0.39 is 0 Å². The molecule has 3 N–H and O–H groups in total. The average molecular weight is 402 g/mol. The first-order valence-corrected chi connectivity index (χ1v) is 11.0. The van der Waals surface area contributed by atoms with Crippen LogP contribution in [0.25, 0.3) is 22.3 Å². The number of H-pyrrole nitrogens is 1. The molecule has 2 aliphatic carbocycles. The van der Waals surface area contributed by atoms with E-state index in [0.717, 1.165) is 74.2 Å². The van der Waals surface area contributed by atoms with Crippen LogP contribution in [-0.2, 0) is 10.3 Å². The van der Waals surface area contributed by atoms with Gasteiger partial charge in [-0.3, -0.25) is 4.79 Å². The van der Waals surface area contributed by atoms with Crippen LogP contribution in [0.1, 0.15) is 31.2 Å². The molecule has 0 bridgehead atoms. The van der Waals surface area contributed by atoms with E-state index in [1.165, 1.54) is 11.3 Å². The summed E-state index contributed by atoms with van der Waals surface area (Å²) in [5, 5.41) is 1.14. The minimum absolute atomic E-state index is 0.100. The Balaban J connectivity index is 1.25. The number of anilines is 1. The van der Waals surface area contributed by atoms with E-state index in [1.54, 1.807) is 0 Å². The highest BCUT2D eigenvalue weighted by atomic mass is 16.2. The number of hydrogen-bond acceptors (Lipinski definition) is 4. The molecule has 6 nitrogen and oxygen atoms in total. The van der Waals surface area contributed by atoms with Gasteiger partial charge in [0.1, 0.15) is 5.65 Å². The fraction of sp³-hybridized carbons (Fsp3) is 0.417. The van der Waals surface area contributed by atoms with Gasteiger partial charge in [-0.15, -0.1) is 0 Å². The third kappa shape index (κ3) is 3.06. The number of pyridine rings is 1. The summed E-state index contributed by atoms with van der Waals surface area (Å²) in [6.07, 6.45) is 6.16. The third-order valence-electron chi connectivity index (χ3n) is 6.93. The molecule has 0 atom stereocenters. The summed E-state index contributed by atoms with van der Waals surface area (Å²) in [5.74, 6) is 0.657. The van der Waals surface area contributed by atoms with Gasteiger partial charge in [0.05, 0.1) is 0 Å². The van der Waals surface area contributed by atoms with Crippen LogP contribution in [0, 0.1) is 5.92 Å². The Labute approximate surface area is 176 Å². The first-order valence-electron chi connectivity index (χ1n) is 11.0. The van der Waals surface area contributed by atoms with E-state index in [2.05, 4.69) is 51.3 Å². The van der Waals surface area contributed by atoms with Crippen molar-refractivity contribution < 1.29 is 4.79 Å².